The van der Waals surface area contributed by atoms with Gasteiger partial charge in [0.2, 0.25) is 0 Å². The van der Waals surface area contributed by atoms with Crippen LogP contribution in [0.15, 0.2) is 60.9 Å². The van der Waals surface area contributed by atoms with Crippen molar-refractivity contribution in [3.05, 3.63) is 72.2 Å². The van der Waals surface area contributed by atoms with Gasteiger partial charge in [0.1, 0.15) is 11.5 Å². The minimum atomic E-state index is -0.364. The van der Waals surface area contributed by atoms with Gasteiger partial charge in [0, 0.05) is 30.2 Å². The van der Waals surface area contributed by atoms with E-state index in [1.807, 2.05) is 18.2 Å². The van der Waals surface area contributed by atoms with Crippen molar-refractivity contribution in [3.63, 3.8) is 0 Å². The quantitative estimate of drug-likeness (QED) is 0.632. The van der Waals surface area contributed by atoms with Gasteiger partial charge in [-0.3, -0.25) is 4.79 Å². The molecule has 3 aromatic rings. The second kappa shape index (κ2) is 9.33. The van der Waals surface area contributed by atoms with Crippen LogP contribution in [0.5, 0.6) is 0 Å². The first-order valence-corrected chi connectivity index (χ1v) is 9.38. The molecule has 0 fully saturated rings. The van der Waals surface area contributed by atoms with Crippen LogP contribution in [0.4, 0.5) is 22.9 Å². The van der Waals surface area contributed by atoms with Crippen molar-refractivity contribution in [3.8, 4) is 6.07 Å². The van der Waals surface area contributed by atoms with E-state index < -0.39 is 0 Å². The van der Waals surface area contributed by atoms with Crippen molar-refractivity contribution < 1.29 is 4.79 Å². The zero-order valence-corrected chi connectivity index (χ0v) is 16.4. The van der Waals surface area contributed by atoms with E-state index in [1.165, 1.54) is 18.1 Å². The van der Waals surface area contributed by atoms with Crippen LogP contribution in [0.2, 0.25) is 0 Å². The number of aromatic nitrogens is 2. The molecule has 1 heterocycles. The van der Waals surface area contributed by atoms with E-state index >= 15 is 0 Å². The van der Waals surface area contributed by atoms with Crippen LogP contribution < -0.4 is 15.5 Å². The average Bonchev–Trinajstić information content (AvgIpc) is 2.77. The fraction of sp³-hybridized carbons (Fsp3) is 0.182. The Kier molecular flexibility index (Phi) is 6.38. The largest absolute Gasteiger partial charge is 0.372 e. The highest BCUT2D eigenvalue weighted by Crippen LogP contribution is 2.20. The normalized spacial score (nSPS) is 10.1. The number of hydrogen-bond acceptors (Lipinski definition) is 6. The molecule has 0 aliphatic heterocycles. The molecule has 146 valence electrons. The summed E-state index contributed by atoms with van der Waals surface area (Å²) in [6, 6.07) is 16.7. The highest BCUT2D eigenvalue weighted by molar-refractivity contribution is 6.02. The lowest BCUT2D eigenvalue weighted by Crippen LogP contribution is -2.21. The fourth-order valence-corrected chi connectivity index (χ4v) is 2.83. The van der Waals surface area contributed by atoms with Crippen molar-refractivity contribution in [1.82, 2.24) is 9.97 Å². The lowest BCUT2D eigenvalue weighted by atomic mass is 10.2. The van der Waals surface area contributed by atoms with Crippen LogP contribution in [0.25, 0.3) is 0 Å². The molecule has 7 nitrogen and oxygen atoms in total. The third-order valence-electron chi connectivity index (χ3n) is 4.42. The second-order valence-electron chi connectivity index (χ2n) is 6.27. The molecule has 1 aromatic heterocycles. The number of nitrogens with zero attached hydrogens (tertiary/aromatic N) is 4. The van der Waals surface area contributed by atoms with E-state index in [0.29, 0.717) is 17.1 Å². The molecular formula is C22H22N6O. The van der Waals surface area contributed by atoms with Gasteiger partial charge in [-0.05, 0) is 62.4 Å². The number of anilines is 4. The number of carbonyl (C=O) groups excluding carboxylic acids is 1. The van der Waals surface area contributed by atoms with Crippen molar-refractivity contribution in [1.29, 1.82) is 5.26 Å². The van der Waals surface area contributed by atoms with Gasteiger partial charge >= 0.3 is 0 Å². The second-order valence-corrected chi connectivity index (χ2v) is 6.27. The molecule has 0 aliphatic carbocycles. The molecule has 0 bridgehead atoms. The number of carbonyl (C=O) groups is 1. The Morgan fingerprint density at radius 1 is 0.966 bits per heavy atom. The van der Waals surface area contributed by atoms with Crippen LogP contribution in [-0.4, -0.2) is 29.0 Å². The number of nitriles is 1. The van der Waals surface area contributed by atoms with Gasteiger partial charge in [-0.2, -0.15) is 5.26 Å². The smallest absolute Gasteiger partial charge is 0.275 e. The Bertz CT molecular complexity index is 987. The first-order valence-electron chi connectivity index (χ1n) is 9.38. The zero-order chi connectivity index (χ0) is 20.6. The van der Waals surface area contributed by atoms with Crippen molar-refractivity contribution in [2.24, 2.45) is 0 Å². The maximum Gasteiger partial charge on any atom is 0.275 e. The monoisotopic (exact) mass is 386 g/mol. The van der Waals surface area contributed by atoms with Crippen LogP contribution in [0.1, 0.15) is 29.9 Å². The van der Waals surface area contributed by atoms with Crippen molar-refractivity contribution in [2.75, 3.05) is 28.6 Å². The SMILES string of the molecule is CCN(CC)c1ccc(Nc2cnc(C(=O)Nc3ccc(C#N)cc3)cn2)cc1. The van der Waals surface area contributed by atoms with Gasteiger partial charge in [0.15, 0.2) is 0 Å². The van der Waals surface area contributed by atoms with Gasteiger partial charge in [0.05, 0.1) is 24.0 Å². The van der Waals surface area contributed by atoms with Gasteiger partial charge in [-0.1, -0.05) is 0 Å². The predicted octanol–water partition coefficient (Wildman–Crippen LogP) is 4.19. The number of hydrogen-bond donors (Lipinski definition) is 2. The molecule has 0 saturated carbocycles. The summed E-state index contributed by atoms with van der Waals surface area (Å²) in [5, 5.41) is 14.7. The van der Waals surface area contributed by atoms with Crippen molar-refractivity contribution >= 4 is 28.8 Å². The number of rotatable bonds is 7. The summed E-state index contributed by atoms with van der Waals surface area (Å²) in [4.78, 5) is 23.0. The van der Waals surface area contributed by atoms with Gasteiger partial charge < -0.3 is 15.5 Å². The minimum absolute atomic E-state index is 0.205. The van der Waals surface area contributed by atoms with Gasteiger partial charge in [-0.25, -0.2) is 9.97 Å². The van der Waals surface area contributed by atoms with E-state index in [1.54, 1.807) is 24.3 Å². The highest BCUT2D eigenvalue weighted by Gasteiger charge is 2.09. The van der Waals surface area contributed by atoms with E-state index in [-0.39, 0.29) is 11.6 Å². The Hall–Kier alpha value is -3.92. The molecule has 2 aromatic carbocycles. The van der Waals surface area contributed by atoms with E-state index in [9.17, 15) is 4.79 Å². The summed E-state index contributed by atoms with van der Waals surface area (Å²) in [6.45, 7) is 6.18. The molecule has 0 radical (unpaired) electrons. The molecule has 0 aliphatic rings. The molecule has 1 amide bonds. The van der Waals surface area contributed by atoms with Crippen LogP contribution >= 0.6 is 0 Å². The third-order valence-corrected chi connectivity index (χ3v) is 4.42. The van der Waals surface area contributed by atoms with E-state index in [0.717, 1.165) is 18.8 Å². The topological polar surface area (TPSA) is 93.9 Å². The summed E-state index contributed by atoms with van der Waals surface area (Å²) in [5.41, 5.74) is 3.39. The summed E-state index contributed by atoms with van der Waals surface area (Å²) >= 11 is 0. The van der Waals surface area contributed by atoms with Gasteiger partial charge in [-0.15, -0.1) is 0 Å². The summed E-state index contributed by atoms with van der Waals surface area (Å²) in [7, 11) is 0. The highest BCUT2D eigenvalue weighted by atomic mass is 16.1. The predicted molar refractivity (Wildman–Crippen MR) is 114 cm³/mol. The summed E-state index contributed by atoms with van der Waals surface area (Å²) in [6.07, 6.45) is 2.94. The minimum Gasteiger partial charge on any atom is -0.372 e. The summed E-state index contributed by atoms with van der Waals surface area (Å²) in [5.74, 6) is 0.188. The lowest BCUT2D eigenvalue weighted by Gasteiger charge is -2.21. The molecule has 7 heteroatoms. The number of nitrogens with one attached hydrogen (secondary N) is 2. The maximum absolute atomic E-state index is 12.3. The third kappa shape index (κ3) is 5.08. The molecular weight excluding hydrogens is 364 g/mol. The standard InChI is InChI=1S/C22H22N6O/c1-3-28(4-2)19-11-9-17(10-12-19)26-21-15-24-20(14-25-21)22(29)27-18-7-5-16(13-23)6-8-18/h5-12,14-15H,3-4H2,1-2H3,(H,25,26)(H,27,29). The first-order chi connectivity index (χ1) is 14.1. The maximum atomic E-state index is 12.3. The van der Waals surface area contributed by atoms with Crippen LogP contribution in [-0.2, 0) is 0 Å². The van der Waals surface area contributed by atoms with Crippen LogP contribution in [0.3, 0.4) is 0 Å². The molecule has 0 atom stereocenters. The lowest BCUT2D eigenvalue weighted by molar-refractivity contribution is 0.102. The van der Waals surface area contributed by atoms with E-state index in [2.05, 4.69) is 51.5 Å². The molecule has 0 saturated heterocycles. The summed E-state index contributed by atoms with van der Waals surface area (Å²) < 4.78 is 0. The number of benzene rings is 2. The molecule has 0 unspecified atom stereocenters. The average molecular weight is 386 g/mol. The molecule has 29 heavy (non-hydrogen) atoms. The van der Waals surface area contributed by atoms with Gasteiger partial charge in [0.25, 0.3) is 5.91 Å². The first kappa shape index (κ1) is 19.8. The Morgan fingerprint density at radius 2 is 1.62 bits per heavy atom. The molecule has 0 spiro atoms. The van der Waals surface area contributed by atoms with E-state index in [4.69, 9.17) is 5.26 Å². The fourth-order valence-electron chi connectivity index (χ4n) is 2.83. The molecule has 3 rings (SSSR count). The Morgan fingerprint density at radius 3 is 2.17 bits per heavy atom. The Balaban J connectivity index is 1.62. The van der Waals surface area contributed by atoms with Crippen LogP contribution in [0, 0.1) is 11.3 Å². The Labute approximate surface area is 170 Å². The molecule has 2 N–H and O–H groups in total. The number of amides is 1. The zero-order valence-electron chi connectivity index (χ0n) is 16.4. The van der Waals surface area contributed by atoms with Crippen molar-refractivity contribution in [2.45, 2.75) is 13.8 Å².